The Bertz CT molecular complexity index is 798. The van der Waals surface area contributed by atoms with Gasteiger partial charge in [-0.05, 0) is 44.4 Å². The lowest BCUT2D eigenvalue weighted by Gasteiger charge is -2.29. The predicted molar refractivity (Wildman–Crippen MR) is 111 cm³/mol. The Morgan fingerprint density at radius 2 is 1.72 bits per heavy atom. The molecule has 2 amide bonds. The molecule has 0 aliphatic rings. The molecule has 29 heavy (non-hydrogen) atoms. The van der Waals surface area contributed by atoms with E-state index in [0.717, 1.165) is 12.0 Å². The second kappa shape index (κ2) is 11.2. The van der Waals surface area contributed by atoms with Gasteiger partial charge in [0.25, 0.3) is 5.91 Å². The number of ether oxygens (including phenoxy) is 1. The van der Waals surface area contributed by atoms with Crippen molar-refractivity contribution in [1.29, 1.82) is 0 Å². The van der Waals surface area contributed by atoms with Gasteiger partial charge in [-0.3, -0.25) is 9.59 Å². The van der Waals surface area contributed by atoms with Gasteiger partial charge >= 0.3 is 0 Å². The smallest absolute Gasteiger partial charge is 0.261 e. The molecule has 0 radical (unpaired) electrons. The van der Waals surface area contributed by atoms with E-state index < -0.39 is 11.9 Å². The number of nitrogens with one attached hydrogen (secondary N) is 1. The van der Waals surface area contributed by atoms with Crippen molar-refractivity contribution in [2.45, 2.75) is 45.7 Å². The summed E-state index contributed by atoms with van der Waals surface area (Å²) in [6.07, 6.45) is 1.40. The van der Waals surface area contributed by atoms with Gasteiger partial charge in [0, 0.05) is 12.6 Å². The second-order valence-electron chi connectivity index (χ2n) is 7.04. The van der Waals surface area contributed by atoms with Crippen LogP contribution in [0.5, 0.6) is 5.75 Å². The highest BCUT2D eigenvalue weighted by Gasteiger charge is 2.26. The summed E-state index contributed by atoms with van der Waals surface area (Å²) in [7, 11) is 0. The molecule has 0 heterocycles. The Labute approximate surface area is 171 Å². The van der Waals surface area contributed by atoms with Gasteiger partial charge in [-0.25, -0.2) is 4.39 Å². The topological polar surface area (TPSA) is 58.6 Å². The van der Waals surface area contributed by atoms with Gasteiger partial charge in [-0.15, -0.1) is 0 Å². The SMILES string of the molecule is CC[C@H](C)NC(=O)[C@H](C)N(CCc1ccccc1)C(=O)COc1ccccc1F. The first-order valence-corrected chi connectivity index (χ1v) is 9.93. The molecular weight excluding hydrogens is 371 g/mol. The van der Waals surface area contributed by atoms with Crippen LogP contribution in [0.3, 0.4) is 0 Å². The molecular formula is C23H29FN2O3. The Morgan fingerprint density at radius 3 is 2.38 bits per heavy atom. The van der Waals surface area contributed by atoms with Gasteiger partial charge in [-0.2, -0.15) is 0 Å². The van der Waals surface area contributed by atoms with E-state index in [1.807, 2.05) is 44.2 Å². The lowest BCUT2D eigenvalue weighted by atomic mass is 10.1. The minimum absolute atomic E-state index is 0.0144. The van der Waals surface area contributed by atoms with E-state index in [-0.39, 0.29) is 30.2 Å². The zero-order chi connectivity index (χ0) is 21.2. The normalized spacial score (nSPS) is 12.7. The van der Waals surface area contributed by atoms with Crippen LogP contribution >= 0.6 is 0 Å². The van der Waals surface area contributed by atoms with Crippen molar-refractivity contribution >= 4 is 11.8 Å². The molecule has 2 aromatic carbocycles. The van der Waals surface area contributed by atoms with E-state index in [1.165, 1.54) is 17.0 Å². The summed E-state index contributed by atoms with van der Waals surface area (Å²) in [5.41, 5.74) is 1.06. The second-order valence-corrected chi connectivity index (χ2v) is 7.04. The molecule has 1 N–H and O–H groups in total. The van der Waals surface area contributed by atoms with Crippen molar-refractivity contribution in [3.05, 3.63) is 66.0 Å². The van der Waals surface area contributed by atoms with Crippen molar-refractivity contribution in [3.8, 4) is 5.75 Å². The van der Waals surface area contributed by atoms with Gasteiger partial charge in [0.15, 0.2) is 18.2 Å². The molecule has 5 nitrogen and oxygen atoms in total. The number of carbonyl (C=O) groups excluding carboxylic acids is 2. The maximum atomic E-state index is 13.8. The van der Waals surface area contributed by atoms with Gasteiger partial charge in [0.05, 0.1) is 0 Å². The molecule has 0 saturated carbocycles. The van der Waals surface area contributed by atoms with E-state index in [1.54, 1.807) is 19.1 Å². The predicted octanol–water partition coefficient (Wildman–Crippen LogP) is 3.58. The maximum Gasteiger partial charge on any atom is 0.261 e. The summed E-state index contributed by atoms with van der Waals surface area (Å²) >= 11 is 0. The molecule has 2 atom stereocenters. The van der Waals surface area contributed by atoms with E-state index in [9.17, 15) is 14.0 Å². The number of rotatable bonds is 10. The standard InChI is InChI=1S/C23H29FN2O3/c1-4-17(2)25-23(28)18(3)26(15-14-19-10-6-5-7-11-19)22(27)16-29-21-13-9-8-12-20(21)24/h5-13,17-18H,4,14-16H2,1-3H3,(H,25,28)/t17-,18-/m0/s1. The fraction of sp³-hybridized carbons (Fsp3) is 0.391. The highest BCUT2D eigenvalue weighted by molar-refractivity contribution is 5.88. The lowest BCUT2D eigenvalue weighted by molar-refractivity contribution is -0.141. The highest BCUT2D eigenvalue weighted by Crippen LogP contribution is 2.16. The lowest BCUT2D eigenvalue weighted by Crippen LogP contribution is -2.51. The molecule has 0 aliphatic carbocycles. The monoisotopic (exact) mass is 400 g/mol. The zero-order valence-corrected chi connectivity index (χ0v) is 17.2. The van der Waals surface area contributed by atoms with E-state index in [2.05, 4.69) is 5.32 Å². The molecule has 0 unspecified atom stereocenters. The zero-order valence-electron chi connectivity index (χ0n) is 17.2. The van der Waals surface area contributed by atoms with Crippen LogP contribution in [0.25, 0.3) is 0 Å². The Morgan fingerprint density at radius 1 is 1.07 bits per heavy atom. The Balaban J connectivity index is 2.08. The van der Waals surface area contributed by atoms with Crippen LogP contribution in [-0.4, -0.2) is 41.9 Å². The average Bonchev–Trinajstić information content (AvgIpc) is 2.73. The number of hydrogen-bond acceptors (Lipinski definition) is 3. The minimum atomic E-state index is -0.663. The van der Waals surface area contributed by atoms with E-state index in [0.29, 0.717) is 13.0 Å². The van der Waals surface area contributed by atoms with Crippen LogP contribution in [0.15, 0.2) is 54.6 Å². The van der Waals surface area contributed by atoms with Crippen molar-refractivity contribution in [3.63, 3.8) is 0 Å². The quantitative estimate of drug-likeness (QED) is 0.663. The van der Waals surface area contributed by atoms with Crippen LogP contribution in [0, 0.1) is 5.82 Å². The summed E-state index contributed by atoms with van der Waals surface area (Å²) in [6, 6.07) is 15.0. The van der Waals surface area contributed by atoms with Crippen LogP contribution in [-0.2, 0) is 16.0 Å². The number of hydrogen-bond donors (Lipinski definition) is 1. The highest BCUT2D eigenvalue weighted by atomic mass is 19.1. The van der Waals surface area contributed by atoms with Crippen LogP contribution in [0.1, 0.15) is 32.8 Å². The fourth-order valence-electron chi connectivity index (χ4n) is 2.82. The summed E-state index contributed by atoms with van der Waals surface area (Å²) in [6.45, 7) is 5.62. The number of carbonyl (C=O) groups is 2. The van der Waals surface area contributed by atoms with E-state index in [4.69, 9.17) is 4.74 Å². The van der Waals surface area contributed by atoms with Crippen molar-refractivity contribution in [2.75, 3.05) is 13.2 Å². The first-order valence-electron chi connectivity index (χ1n) is 9.93. The number of amides is 2. The minimum Gasteiger partial charge on any atom is -0.481 e. The summed E-state index contributed by atoms with van der Waals surface area (Å²) in [5.74, 6) is -1.10. The number of para-hydroxylation sites is 1. The molecule has 0 aromatic heterocycles. The third-order valence-corrected chi connectivity index (χ3v) is 4.84. The molecule has 0 saturated heterocycles. The van der Waals surface area contributed by atoms with Gasteiger partial charge in [0.2, 0.25) is 5.91 Å². The van der Waals surface area contributed by atoms with E-state index >= 15 is 0 Å². The summed E-state index contributed by atoms with van der Waals surface area (Å²) in [4.78, 5) is 26.9. The van der Waals surface area contributed by atoms with Gasteiger partial charge in [-0.1, -0.05) is 49.4 Å². The first kappa shape index (κ1) is 22.4. The first-order chi connectivity index (χ1) is 13.9. The van der Waals surface area contributed by atoms with Crippen molar-refractivity contribution < 1.29 is 18.7 Å². The molecule has 0 aliphatic heterocycles. The van der Waals surface area contributed by atoms with Crippen LogP contribution in [0.2, 0.25) is 0 Å². The summed E-state index contributed by atoms with van der Waals surface area (Å²) in [5, 5.41) is 2.91. The number of nitrogens with zero attached hydrogens (tertiary/aromatic N) is 1. The Kier molecular flexibility index (Phi) is 8.65. The van der Waals surface area contributed by atoms with Crippen LogP contribution < -0.4 is 10.1 Å². The van der Waals surface area contributed by atoms with Crippen molar-refractivity contribution in [1.82, 2.24) is 10.2 Å². The molecule has 2 rings (SSSR count). The molecule has 2 aromatic rings. The maximum absolute atomic E-state index is 13.8. The third-order valence-electron chi connectivity index (χ3n) is 4.84. The fourth-order valence-corrected chi connectivity index (χ4v) is 2.82. The third kappa shape index (κ3) is 6.89. The van der Waals surface area contributed by atoms with Crippen molar-refractivity contribution in [2.24, 2.45) is 0 Å². The molecule has 6 heteroatoms. The Hall–Kier alpha value is -2.89. The number of halogens is 1. The van der Waals surface area contributed by atoms with Crippen LogP contribution in [0.4, 0.5) is 4.39 Å². The molecule has 156 valence electrons. The molecule has 0 bridgehead atoms. The molecule has 0 fully saturated rings. The average molecular weight is 400 g/mol. The molecule has 0 spiro atoms. The van der Waals surface area contributed by atoms with Gasteiger partial charge in [0.1, 0.15) is 6.04 Å². The van der Waals surface area contributed by atoms with Gasteiger partial charge < -0.3 is 15.0 Å². The largest absolute Gasteiger partial charge is 0.481 e. The summed E-state index contributed by atoms with van der Waals surface area (Å²) < 4.78 is 19.1. The number of benzene rings is 2.